The summed E-state index contributed by atoms with van der Waals surface area (Å²) in [5.41, 5.74) is 2.09. The average Bonchev–Trinajstić information content (AvgIpc) is 2.33. The van der Waals surface area contributed by atoms with E-state index in [0.29, 0.717) is 11.4 Å². The van der Waals surface area contributed by atoms with E-state index in [4.69, 9.17) is 5.11 Å². The molecule has 0 aromatic heterocycles. The number of hydrogen-bond acceptors (Lipinski definition) is 4. The fourth-order valence-electron chi connectivity index (χ4n) is 1.34. The molecule has 0 heterocycles. The van der Waals surface area contributed by atoms with E-state index in [1.54, 1.807) is 49.4 Å². The summed E-state index contributed by atoms with van der Waals surface area (Å²) in [5.74, 6) is 0.443. The smallest absolute Gasteiger partial charge is 0.118 e. The Morgan fingerprint density at radius 3 is 2.06 bits per heavy atom. The highest BCUT2D eigenvalue weighted by Crippen LogP contribution is 2.24. The first-order valence-electron chi connectivity index (χ1n) is 5.15. The highest BCUT2D eigenvalue weighted by Gasteiger charge is 1.96. The van der Waals surface area contributed by atoms with Crippen molar-refractivity contribution in [2.45, 2.75) is 6.92 Å². The number of phenolic OH excluding ortho intramolecular Hbond substituents is 2. The summed E-state index contributed by atoms with van der Waals surface area (Å²) in [4.78, 5) is 0. The van der Waals surface area contributed by atoms with Crippen molar-refractivity contribution in [2.24, 2.45) is 10.2 Å². The van der Waals surface area contributed by atoms with Gasteiger partial charge in [-0.15, -0.1) is 0 Å². The molecule has 0 bridgehead atoms. The van der Waals surface area contributed by atoms with Gasteiger partial charge in [0.25, 0.3) is 0 Å². The molecule has 2 N–H and O–H groups in total. The van der Waals surface area contributed by atoms with Gasteiger partial charge in [-0.3, -0.25) is 0 Å². The minimum Gasteiger partial charge on any atom is -0.508 e. The first kappa shape index (κ1) is 11.1. The zero-order valence-corrected chi connectivity index (χ0v) is 9.33. The fraction of sp³-hybridized carbons (Fsp3) is 0.0769. The van der Waals surface area contributed by atoms with Crippen molar-refractivity contribution in [1.29, 1.82) is 0 Å². The van der Waals surface area contributed by atoms with Crippen molar-refractivity contribution in [1.82, 2.24) is 0 Å². The molecule has 2 aromatic rings. The first-order valence-corrected chi connectivity index (χ1v) is 5.15. The number of aromatic hydroxyl groups is 2. The van der Waals surface area contributed by atoms with Gasteiger partial charge in [0.1, 0.15) is 11.5 Å². The fourth-order valence-corrected chi connectivity index (χ4v) is 1.34. The van der Waals surface area contributed by atoms with Crippen molar-refractivity contribution in [3.63, 3.8) is 0 Å². The predicted octanol–water partition coefficient (Wildman–Crippen LogP) is 3.82. The summed E-state index contributed by atoms with van der Waals surface area (Å²) >= 11 is 0. The van der Waals surface area contributed by atoms with Crippen LogP contribution in [-0.4, -0.2) is 10.2 Å². The van der Waals surface area contributed by atoms with Crippen molar-refractivity contribution in [2.75, 3.05) is 0 Å². The van der Waals surface area contributed by atoms with E-state index in [2.05, 4.69) is 10.2 Å². The lowest BCUT2D eigenvalue weighted by Crippen LogP contribution is -1.72. The van der Waals surface area contributed by atoms with Gasteiger partial charge in [0.2, 0.25) is 0 Å². The first-order chi connectivity index (χ1) is 8.15. The molecule has 0 fully saturated rings. The lowest BCUT2D eigenvalue weighted by Gasteiger charge is -1.98. The van der Waals surface area contributed by atoms with Crippen LogP contribution in [0.15, 0.2) is 52.7 Å². The summed E-state index contributed by atoms with van der Waals surface area (Å²) in [7, 11) is 0. The van der Waals surface area contributed by atoms with E-state index in [1.165, 1.54) is 0 Å². The number of phenols is 2. The minimum atomic E-state index is 0.199. The second-order valence-corrected chi connectivity index (χ2v) is 3.69. The number of nitrogens with zero attached hydrogens (tertiary/aromatic N) is 2. The van der Waals surface area contributed by atoms with Gasteiger partial charge < -0.3 is 10.2 Å². The third-order valence-corrected chi connectivity index (χ3v) is 2.31. The maximum Gasteiger partial charge on any atom is 0.118 e. The normalized spacial score (nSPS) is 10.9. The zero-order valence-electron chi connectivity index (χ0n) is 9.33. The molecule has 4 heteroatoms. The van der Waals surface area contributed by atoms with Crippen LogP contribution in [0.1, 0.15) is 5.56 Å². The van der Waals surface area contributed by atoms with Gasteiger partial charge in [0.15, 0.2) is 0 Å². The summed E-state index contributed by atoms with van der Waals surface area (Å²) < 4.78 is 0. The molecule has 0 aliphatic heterocycles. The van der Waals surface area contributed by atoms with Crippen LogP contribution in [0.4, 0.5) is 11.4 Å². The minimum absolute atomic E-state index is 0.199. The van der Waals surface area contributed by atoms with Gasteiger partial charge >= 0.3 is 0 Å². The van der Waals surface area contributed by atoms with Gasteiger partial charge in [0, 0.05) is 0 Å². The lowest BCUT2D eigenvalue weighted by atomic mass is 10.2. The van der Waals surface area contributed by atoms with E-state index in [1.807, 2.05) is 0 Å². The van der Waals surface area contributed by atoms with Crippen LogP contribution in [0.25, 0.3) is 0 Å². The summed E-state index contributed by atoms with van der Waals surface area (Å²) in [6.45, 7) is 1.80. The van der Waals surface area contributed by atoms with Crippen molar-refractivity contribution < 1.29 is 10.2 Å². The summed E-state index contributed by atoms with van der Waals surface area (Å²) in [6.07, 6.45) is 0. The molecule has 0 spiro atoms. The maximum atomic E-state index is 9.36. The molecule has 0 saturated carbocycles. The van der Waals surface area contributed by atoms with Crippen molar-refractivity contribution in [3.8, 4) is 11.5 Å². The highest BCUT2D eigenvalue weighted by atomic mass is 16.3. The largest absolute Gasteiger partial charge is 0.508 e. The summed E-state index contributed by atoms with van der Waals surface area (Å²) in [6, 6.07) is 11.5. The topological polar surface area (TPSA) is 65.2 Å². The number of azo groups is 1. The van der Waals surface area contributed by atoms with E-state index in [-0.39, 0.29) is 11.5 Å². The standard InChI is InChI=1S/C13H12N2O2/c1-9-8-11(4-7-13(9)17)15-14-10-2-5-12(16)6-3-10/h2-8,16-17H,1H3/b15-14+. The second-order valence-electron chi connectivity index (χ2n) is 3.69. The predicted molar refractivity (Wildman–Crippen MR) is 65.1 cm³/mol. The Hall–Kier alpha value is -2.36. The Morgan fingerprint density at radius 2 is 1.41 bits per heavy atom. The Labute approximate surface area is 98.9 Å². The highest BCUT2D eigenvalue weighted by molar-refractivity contribution is 5.47. The Kier molecular flexibility index (Phi) is 3.05. The third kappa shape index (κ3) is 2.81. The van der Waals surface area contributed by atoms with Crippen LogP contribution >= 0.6 is 0 Å². The zero-order chi connectivity index (χ0) is 12.3. The number of rotatable bonds is 2. The van der Waals surface area contributed by atoms with Crippen LogP contribution in [0.5, 0.6) is 11.5 Å². The maximum absolute atomic E-state index is 9.36. The van der Waals surface area contributed by atoms with Gasteiger partial charge in [-0.1, -0.05) is 0 Å². The van der Waals surface area contributed by atoms with Gasteiger partial charge in [0.05, 0.1) is 11.4 Å². The van der Waals surface area contributed by atoms with Crippen LogP contribution in [0.3, 0.4) is 0 Å². The summed E-state index contributed by atoms with van der Waals surface area (Å²) in [5, 5.41) is 26.5. The van der Waals surface area contributed by atoms with Gasteiger partial charge in [-0.2, -0.15) is 10.2 Å². The lowest BCUT2D eigenvalue weighted by molar-refractivity contribution is 0.471. The average molecular weight is 228 g/mol. The number of aryl methyl sites for hydroxylation is 1. The van der Waals surface area contributed by atoms with E-state index >= 15 is 0 Å². The molecular weight excluding hydrogens is 216 g/mol. The second kappa shape index (κ2) is 4.65. The van der Waals surface area contributed by atoms with E-state index < -0.39 is 0 Å². The molecule has 0 amide bonds. The molecule has 0 aliphatic rings. The molecule has 0 saturated heterocycles. The molecule has 0 unspecified atom stereocenters. The van der Waals surface area contributed by atoms with Crippen LogP contribution in [-0.2, 0) is 0 Å². The Morgan fingerprint density at radius 1 is 0.824 bits per heavy atom. The van der Waals surface area contributed by atoms with Crippen LogP contribution < -0.4 is 0 Å². The number of benzene rings is 2. The van der Waals surface area contributed by atoms with Crippen LogP contribution in [0, 0.1) is 6.92 Å². The van der Waals surface area contributed by atoms with E-state index in [9.17, 15) is 5.11 Å². The van der Waals surface area contributed by atoms with Crippen molar-refractivity contribution >= 4 is 11.4 Å². The molecule has 0 radical (unpaired) electrons. The van der Waals surface area contributed by atoms with Gasteiger partial charge in [-0.05, 0) is 55.0 Å². The quantitative estimate of drug-likeness (QED) is 0.767. The Bertz CT molecular complexity index is 548. The number of hydrogen-bond donors (Lipinski definition) is 2. The van der Waals surface area contributed by atoms with E-state index in [0.717, 1.165) is 5.56 Å². The third-order valence-electron chi connectivity index (χ3n) is 2.31. The molecule has 4 nitrogen and oxygen atoms in total. The molecular formula is C13H12N2O2. The molecule has 2 rings (SSSR count). The molecule has 2 aromatic carbocycles. The monoisotopic (exact) mass is 228 g/mol. The molecule has 17 heavy (non-hydrogen) atoms. The Balaban J connectivity index is 2.20. The molecule has 0 atom stereocenters. The SMILES string of the molecule is Cc1cc(/N=N/c2ccc(O)cc2)ccc1O. The van der Waals surface area contributed by atoms with Gasteiger partial charge in [-0.25, -0.2) is 0 Å². The van der Waals surface area contributed by atoms with Crippen molar-refractivity contribution in [3.05, 3.63) is 48.0 Å². The molecule has 0 aliphatic carbocycles. The van der Waals surface area contributed by atoms with Crippen LogP contribution in [0.2, 0.25) is 0 Å². The molecule has 86 valence electrons.